The maximum Gasteiger partial charge on any atom is 0.419 e. The van der Waals surface area contributed by atoms with Crippen molar-refractivity contribution >= 4 is 34.7 Å². The zero-order valence-electron chi connectivity index (χ0n) is 12.9. The standard InChI is InChI=1S/C17H10ClF3N2O2S/c18-12-5-1-3-10(7-12)14-9-26-16(23-14)25-15(24)22-13-6-2-4-11(8-13)17(19,20)21/h1-9H,(H,22,24). The monoisotopic (exact) mass is 398 g/mol. The van der Waals surface area contributed by atoms with Gasteiger partial charge in [-0.15, -0.1) is 0 Å². The van der Waals surface area contributed by atoms with Crippen molar-refractivity contribution in [2.75, 3.05) is 5.32 Å². The number of carbonyl (C=O) groups excluding carboxylic acids is 1. The van der Waals surface area contributed by atoms with Gasteiger partial charge < -0.3 is 4.74 Å². The molecule has 1 N–H and O–H groups in total. The lowest BCUT2D eigenvalue weighted by Gasteiger charge is -2.09. The lowest BCUT2D eigenvalue weighted by Crippen LogP contribution is -2.17. The summed E-state index contributed by atoms with van der Waals surface area (Å²) in [6.07, 6.45) is -5.43. The third kappa shape index (κ3) is 4.53. The quantitative estimate of drug-likeness (QED) is 0.580. The third-order valence-corrected chi connectivity index (χ3v) is 4.17. The van der Waals surface area contributed by atoms with E-state index in [4.69, 9.17) is 16.3 Å². The molecule has 3 aromatic rings. The molecule has 0 bridgehead atoms. The van der Waals surface area contributed by atoms with Crippen molar-refractivity contribution in [3.8, 4) is 16.5 Å². The number of carbonyl (C=O) groups is 1. The first-order valence-corrected chi connectivity index (χ1v) is 8.44. The number of rotatable bonds is 3. The Bertz CT molecular complexity index is 944. The van der Waals surface area contributed by atoms with E-state index in [-0.39, 0.29) is 10.9 Å². The number of aromatic nitrogens is 1. The minimum absolute atomic E-state index is 0.0311. The Morgan fingerprint density at radius 1 is 1.15 bits per heavy atom. The molecule has 0 aliphatic rings. The van der Waals surface area contributed by atoms with Crippen LogP contribution in [0.5, 0.6) is 5.19 Å². The summed E-state index contributed by atoms with van der Waals surface area (Å²) < 4.78 is 43.1. The van der Waals surface area contributed by atoms with E-state index in [0.717, 1.165) is 29.0 Å². The van der Waals surface area contributed by atoms with Crippen LogP contribution in [0.4, 0.5) is 23.7 Å². The van der Waals surface area contributed by atoms with Crippen molar-refractivity contribution in [1.29, 1.82) is 0 Å². The molecular formula is C17H10ClF3N2O2S. The summed E-state index contributed by atoms with van der Waals surface area (Å²) in [4.78, 5) is 16.0. The molecule has 0 atom stereocenters. The molecule has 1 heterocycles. The molecule has 0 saturated carbocycles. The van der Waals surface area contributed by atoms with Crippen molar-refractivity contribution in [2.45, 2.75) is 6.18 Å². The van der Waals surface area contributed by atoms with E-state index in [9.17, 15) is 18.0 Å². The summed E-state index contributed by atoms with van der Waals surface area (Å²) in [5, 5.41) is 4.53. The number of amides is 1. The number of alkyl halides is 3. The number of benzene rings is 2. The summed E-state index contributed by atoms with van der Waals surface area (Å²) >= 11 is 7.00. The molecule has 0 saturated heterocycles. The molecule has 1 aromatic heterocycles. The van der Waals surface area contributed by atoms with E-state index in [0.29, 0.717) is 10.7 Å². The van der Waals surface area contributed by atoms with Crippen LogP contribution in [0.15, 0.2) is 53.9 Å². The summed E-state index contributed by atoms with van der Waals surface area (Å²) in [5.74, 6) is 0. The number of nitrogens with one attached hydrogen (secondary N) is 1. The van der Waals surface area contributed by atoms with Gasteiger partial charge in [-0.05, 0) is 30.3 Å². The molecule has 4 nitrogen and oxygen atoms in total. The van der Waals surface area contributed by atoms with Crippen molar-refractivity contribution in [2.24, 2.45) is 0 Å². The van der Waals surface area contributed by atoms with Crippen LogP contribution >= 0.6 is 22.9 Å². The molecule has 0 unspecified atom stereocenters. The van der Waals surface area contributed by atoms with Crippen LogP contribution in [-0.2, 0) is 6.18 Å². The number of nitrogens with zero attached hydrogens (tertiary/aromatic N) is 1. The van der Waals surface area contributed by atoms with Gasteiger partial charge in [0.25, 0.3) is 5.19 Å². The number of hydrogen-bond donors (Lipinski definition) is 1. The highest BCUT2D eigenvalue weighted by Gasteiger charge is 2.30. The van der Waals surface area contributed by atoms with Crippen LogP contribution in [0, 0.1) is 0 Å². The smallest absolute Gasteiger partial charge is 0.381 e. The Balaban J connectivity index is 1.68. The first kappa shape index (κ1) is 18.2. The van der Waals surface area contributed by atoms with Crippen LogP contribution in [-0.4, -0.2) is 11.1 Å². The van der Waals surface area contributed by atoms with Gasteiger partial charge in [0.05, 0.1) is 11.3 Å². The van der Waals surface area contributed by atoms with Crippen LogP contribution in [0.25, 0.3) is 11.3 Å². The number of hydrogen-bond acceptors (Lipinski definition) is 4. The minimum Gasteiger partial charge on any atom is -0.381 e. The molecule has 26 heavy (non-hydrogen) atoms. The van der Waals surface area contributed by atoms with Gasteiger partial charge in [0.15, 0.2) is 0 Å². The van der Waals surface area contributed by atoms with E-state index >= 15 is 0 Å². The first-order valence-electron chi connectivity index (χ1n) is 7.19. The predicted molar refractivity (Wildman–Crippen MR) is 93.7 cm³/mol. The van der Waals surface area contributed by atoms with Crippen LogP contribution < -0.4 is 10.1 Å². The fourth-order valence-corrected chi connectivity index (χ4v) is 2.95. The van der Waals surface area contributed by atoms with Gasteiger partial charge >= 0.3 is 12.3 Å². The van der Waals surface area contributed by atoms with E-state index in [1.807, 2.05) is 0 Å². The fourth-order valence-electron chi connectivity index (χ4n) is 2.08. The van der Waals surface area contributed by atoms with Crippen LogP contribution in [0.1, 0.15) is 5.56 Å². The van der Waals surface area contributed by atoms with Gasteiger partial charge in [-0.2, -0.15) is 13.2 Å². The van der Waals surface area contributed by atoms with Crippen LogP contribution in [0.2, 0.25) is 5.02 Å². The molecule has 0 spiro atoms. The lowest BCUT2D eigenvalue weighted by molar-refractivity contribution is -0.137. The molecular weight excluding hydrogens is 389 g/mol. The number of halogens is 4. The highest BCUT2D eigenvalue weighted by atomic mass is 35.5. The SMILES string of the molecule is O=C(Nc1cccc(C(F)(F)F)c1)Oc1nc(-c2cccc(Cl)c2)cs1. The molecule has 3 rings (SSSR count). The zero-order chi connectivity index (χ0) is 18.7. The van der Waals surface area contributed by atoms with E-state index in [1.165, 1.54) is 12.1 Å². The highest BCUT2D eigenvalue weighted by molar-refractivity contribution is 7.11. The molecule has 0 fully saturated rings. The molecule has 2 aromatic carbocycles. The van der Waals surface area contributed by atoms with Crippen molar-refractivity contribution in [3.05, 3.63) is 64.5 Å². The minimum atomic E-state index is -4.50. The van der Waals surface area contributed by atoms with E-state index in [2.05, 4.69) is 10.3 Å². The number of thiazole rings is 1. The molecule has 0 radical (unpaired) electrons. The van der Waals surface area contributed by atoms with Gasteiger partial charge in [0, 0.05) is 21.7 Å². The van der Waals surface area contributed by atoms with Gasteiger partial charge in [-0.25, -0.2) is 9.78 Å². The normalized spacial score (nSPS) is 11.2. The largest absolute Gasteiger partial charge is 0.419 e. The van der Waals surface area contributed by atoms with E-state index < -0.39 is 17.8 Å². The second kappa shape index (κ2) is 7.35. The summed E-state index contributed by atoms with van der Waals surface area (Å²) in [7, 11) is 0. The van der Waals surface area contributed by atoms with Crippen molar-refractivity contribution in [3.63, 3.8) is 0 Å². The third-order valence-electron chi connectivity index (χ3n) is 3.22. The van der Waals surface area contributed by atoms with Gasteiger partial charge in [0.1, 0.15) is 0 Å². The zero-order valence-corrected chi connectivity index (χ0v) is 14.5. The topological polar surface area (TPSA) is 51.2 Å². The van der Waals surface area contributed by atoms with Crippen molar-refractivity contribution < 1.29 is 22.7 Å². The molecule has 134 valence electrons. The molecule has 0 aliphatic heterocycles. The Hall–Kier alpha value is -2.58. The van der Waals surface area contributed by atoms with E-state index in [1.54, 1.807) is 29.6 Å². The second-order valence-electron chi connectivity index (χ2n) is 5.10. The highest BCUT2D eigenvalue weighted by Crippen LogP contribution is 2.31. The lowest BCUT2D eigenvalue weighted by atomic mass is 10.2. The Morgan fingerprint density at radius 3 is 2.65 bits per heavy atom. The average Bonchev–Trinajstić information content (AvgIpc) is 3.02. The maximum atomic E-state index is 12.7. The number of anilines is 1. The van der Waals surface area contributed by atoms with Crippen LogP contribution in [0.3, 0.4) is 0 Å². The van der Waals surface area contributed by atoms with Crippen molar-refractivity contribution in [1.82, 2.24) is 4.98 Å². The molecule has 1 amide bonds. The Labute approximate surface area is 155 Å². The summed E-state index contributed by atoms with van der Waals surface area (Å²) in [5.41, 5.74) is 0.422. The summed E-state index contributed by atoms with van der Waals surface area (Å²) in [6.45, 7) is 0. The van der Waals surface area contributed by atoms with Gasteiger partial charge in [0.2, 0.25) is 0 Å². The Kier molecular flexibility index (Phi) is 5.15. The number of ether oxygens (including phenoxy) is 1. The first-order chi connectivity index (χ1) is 12.3. The second-order valence-corrected chi connectivity index (χ2v) is 6.36. The average molecular weight is 399 g/mol. The fraction of sp³-hybridized carbons (Fsp3) is 0.0588. The maximum absolute atomic E-state index is 12.7. The predicted octanol–water partition coefficient (Wildman–Crippen LogP) is 6.09. The molecule has 9 heteroatoms. The Morgan fingerprint density at radius 2 is 1.92 bits per heavy atom. The molecule has 0 aliphatic carbocycles. The summed E-state index contributed by atoms with van der Waals surface area (Å²) in [6, 6.07) is 11.2. The van der Waals surface area contributed by atoms with Gasteiger partial charge in [-0.3, -0.25) is 5.32 Å². The van der Waals surface area contributed by atoms with Gasteiger partial charge in [-0.1, -0.05) is 41.1 Å².